The van der Waals surface area contributed by atoms with Crippen molar-refractivity contribution in [1.82, 2.24) is 9.97 Å². The molecule has 1 saturated carbocycles. The normalized spacial score (nSPS) is 14.8. The van der Waals surface area contributed by atoms with Crippen molar-refractivity contribution in [1.29, 1.82) is 0 Å². The number of hydrogen-bond acceptors (Lipinski definition) is 2. The van der Waals surface area contributed by atoms with Gasteiger partial charge in [0.15, 0.2) is 0 Å². The lowest BCUT2D eigenvalue weighted by molar-refractivity contribution is 0.930. The van der Waals surface area contributed by atoms with Crippen LogP contribution in [0.25, 0.3) is 11.3 Å². The molecule has 0 radical (unpaired) electrons. The van der Waals surface area contributed by atoms with Gasteiger partial charge in [0.1, 0.15) is 11.0 Å². The minimum absolute atomic E-state index is 0.521. The molecular formula is C15H15ClN2. The predicted octanol–water partition coefficient (Wildman–Crippen LogP) is 4.29. The Bertz CT molecular complexity index is 603. The Kier molecular flexibility index (Phi) is 2.83. The van der Waals surface area contributed by atoms with Crippen LogP contribution in [0.1, 0.15) is 35.7 Å². The molecule has 2 nitrogen and oxygen atoms in total. The Hall–Kier alpha value is -1.41. The van der Waals surface area contributed by atoms with Crippen LogP contribution in [-0.4, -0.2) is 9.97 Å². The van der Waals surface area contributed by atoms with E-state index < -0.39 is 0 Å². The summed E-state index contributed by atoms with van der Waals surface area (Å²) < 4.78 is 0. The molecule has 0 spiro atoms. The van der Waals surface area contributed by atoms with Crippen molar-refractivity contribution >= 4 is 11.6 Å². The van der Waals surface area contributed by atoms with Gasteiger partial charge in [0.2, 0.25) is 0 Å². The zero-order valence-electron chi connectivity index (χ0n) is 10.6. The molecule has 3 rings (SSSR count). The highest BCUT2D eigenvalue weighted by Crippen LogP contribution is 2.39. The number of hydrogen-bond donors (Lipinski definition) is 0. The molecule has 3 heteroatoms. The molecule has 0 amide bonds. The predicted molar refractivity (Wildman–Crippen MR) is 73.9 cm³/mol. The fraction of sp³-hybridized carbons (Fsp3) is 0.333. The first-order chi connectivity index (χ1) is 8.65. The Morgan fingerprint density at radius 2 is 1.94 bits per heavy atom. The van der Waals surface area contributed by atoms with Gasteiger partial charge in [0, 0.05) is 17.5 Å². The van der Waals surface area contributed by atoms with Gasteiger partial charge in [-0.05, 0) is 37.8 Å². The van der Waals surface area contributed by atoms with Crippen LogP contribution in [0.2, 0.25) is 5.15 Å². The Morgan fingerprint density at radius 1 is 1.17 bits per heavy atom. The molecule has 18 heavy (non-hydrogen) atoms. The fourth-order valence-electron chi connectivity index (χ4n) is 2.13. The lowest BCUT2D eigenvalue weighted by atomic mass is 10.0. The summed E-state index contributed by atoms with van der Waals surface area (Å²) in [7, 11) is 0. The summed E-state index contributed by atoms with van der Waals surface area (Å²) in [6.45, 7) is 4.24. The van der Waals surface area contributed by atoms with Gasteiger partial charge < -0.3 is 0 Å². The van der Waals surface area contributed by atoms with E-state index in [1.807, 2.05) is 6.07 Å². The minimum Gasteiger partial charge on any atom is -0.232 e. The van der Waals surface area contributed by atoms with E-state index in [0.717, 1.165) is 17.1 Å². The second-order valence-electron chi connectivity index (χ2n) is 4.96. The van der Waals surface area contributed by atoms with Crippen molar-refractivity contribution in [2.75, 3.05) is 0 Å². The molecular weight excluding hydrogens is 244 g/mol. The van der Waals surface area contributed by atoms with E-state index in [-0.39, 0.29) is 0 Å². The first-order valence-corrected chi connectivity index (χ1v) is 6.64. The van der Waals surface area contributed by atoms with Crippen LogP contribution in [0.4, 0.5) is 0 Å². The van der Waals surface area contributed by atoms with Crippen molar-refractivity contribution in [3.05, 3.63) is 46.4 Å². The van der Waals surface area contributed by atoms with Gasteiger partial charge in [-0.25, -0.2) is 9.97 Å². The molecule has 0 atom stereocenters. The average molecular weight is 259 g/mol. The molecule has 1 aromatic carbocycles. The summed E-state index contributed by atoms with van der Waals surface area (Å²) in [6, 6.07) is 8.13. The van der Waals surface area contributed by atoms with E-state index >= 15 is 0 Å². The molecule has 0 saturated heterocycles. The quantitative estimate of drug-likeness (QED) is 0.751. The molecule has 0 bridgehead atoms. The lowest BCUT2D eigenvalue weighted by Gasteiger charge is -2.09. The number of aromatic nitrogens is 2. The third-order valence-corrected chi connectivity index (χ3v) is 3.73. The second kappa shape index (κ2) is 4.36. The van der Waals surface area contributed by atoms with Gasteiger partial charge in [-0.2, -0.15) is 0 Å². The maximum absolute atomic E-state index is 6.11. The Balaban J connectivity index is 2.13. The van der Waals surface area contributed by atoms with Gasteiger partial charge in [0.05, 0.1) is 5.69 Å². The summed E-state index contributed by atoms with van der Waals surface area (Å²) in [4.78, 5) is 9.00. The number of benzene rings is 1. The number of nitrogens with zero attached hydrogens (tertiary/aromatic N) is 2. The van der Waals surface area contributed by atoms with Crippen molar-refractivity contribution in [2.24, 2.45) is 0 Å². The molecule has 1 aromatic heterocycles. The average Bonchev–Trinajstić information content (AvgIpc) is 3.16. The number of halogens is 1. The maximum Gasteiger partial charge on any atom is 0.133 e. The van der Waals surface area contributed by atoms with E-state index in [1.165, 1.54) is 24.0 Å². The van der Waals surface area contributed by atoms with E-state index in [9.17, 15) is 0 Å². The van der Waals surface area contributed by atoms with Crippen LogP contribution >= 0.6 is 11.6 Å². The van der Waals surface area contributed by atoms with Gasteiger partial charge >= 0.3 is 0 Å². The monoisotopic (exact) mass is 258 g/mol. The van der Waals surface area contributed by atoms with E-state index in [4.69, 9.17) is 11.6 Å². The van der Waals surface area contributed by atoms with Gasteiger partial charge in [-0.15, -0.1) is 0 Å². The molecule has 1 fully saturated rings. The summed E-state index contributed by atoms with van der Waals surface area (Å²) in [6.07, 6.45) is 2.37. The van der Waals surface area contributed by atoms with Crippen LogP contribution in [0.3, 0.4) is 0 Å². The van der Waals surface area contributed by atoms with Gasteiger partial charge in [-0.3, -0.25) is 0 Å². The minimum atomic E-state index is 0.521. The van der Waals surface area contributed by atoms with Crippen molar-refractivity contribution in [3.8, 4) is 11.3 Å². The van der Waals surface area contributed by atoms with Crippen molar-refractivity contribution < 1.29 is 0 Å². The van der Waals surface area contributed by atoms with Gasteiger partial charge in [-0.1, -0.05) is 29.8 Å². The molecule has 1 aliphatic carbocycles. The van der Waals surface area contributed by atoms with Crippen LogP contribution in [0.15, 0.2) is 24.3 Å². The highest BCUT2D eigenvalue weighted by atomic mass is 35.5. The highest BCUT2D eigenvalue weighted by molar-refractivity contribution is 6.29. The van der Waals surface area contributed by atoms with Crippen LogP contribution in [0.5, 0.6) is 0 Å². The zero-order valence-corrected chi connectivity index (χ0v) is 11.3. The Morgan fingerprint density at radius 3 is 2.67 bits per heavy atom. The zero-order chi connectivity index (χ0) is 12.7. The highest BCUT2D eigenvalue weighted by Gasteiger charge is 2.27. The summed E-state index contributed by atoms with van der Waals surface area (Å²) in [5.41, 5.74) is 4.63. The smallest absolute Gasteiger partial charge is 0.133 e. The molecule has 92 valence electrons. The van der Waals surface area contributed by atoms with Crippen LogP contribution in [-0.2, 0) is 0 Å². The summed E-state index contributed by atoms with van der Waals surface area (Å²) in [5.74, 6) is 1.42. The molecule has 0 aliphatic heterocycles. The number of aryl methyl sites for hydroxylation is 1. The van der Waals surface area contributed by atoms with E-state index in [1.54, 1.807) is 0 Å². The first-order valence-electron chi connectivity index (χ1n) is 6.26. The SMILES string of the molecule is Cc1cccc(-c2cc(Cl)nc(C3CC3)n2)c1C. The lowest BCUT2D eigenvalue weighted by Crippen LogP contribution is -1.97. The summed E-state index contributed by atoms with van der Waals surface area (Å²) >= 11 is 6.11. The fourth-order valence-corrected chi connectivity index (χ4v) is 2.32. The topological polar surface area (TPSA) is 25.8 Å². The number of rotatable bonds is 2. The third kappa shape index (κ3) is 2.13. The van der Waals surface area contributed by atoms with Crippen molar-refractivity contribution in [3.63, 3.8) is 0 Å². The largest absolute Gasteiger partial charge is 0.232 e. The Labute approximate surface area is 112 Å². The third-order valence-electron chi connectivity index (χ3n) is 3.54. The maximum atomic E-state index is 6.11. The molecule has 1 heterocycles. The van der Waals surface area contributed by atoms with Crippen LogP contribution in [0, 0.1) is 13.8 Å². The van der Waals surface area contributed by atoms with Crippen LogP contribution < -0.4 is 0 Å². The molecule has 2 aromatic rings. The van der Waals surface area contributed by atoms with E-state index in [2.05, 4.69) is 42.0 Å². The van der Waals surface area contributed by atoms with E-state index in [0.29, 0.717) is 11.1 Å². The second-order valence-corrected chi connectivity index (χ2v) is 5.34. The summed E-state index contributed by atoms with van der Waals surface area (Å²) in [5, 5.41) is 0.544. The van der Waals surface area contributed by atoms with Gasteiger partial charge in [0.25, 0.3) is 0 Å². The molecule has 0 N–H and O–H groups in total. The first kappa shape index (κ1) is 11.7. The molecule has 1 aliphatic rings. The van der Waals surface area contributed by atoms with Crippen molar-refractivity contribution in [2.45, 2.75) is 32.6 Å². The molecule has 0 unspecified atom stereocenters. The standard InChI is InChI=1S/C15H15ClN2/c1-9-4-3-5-12(10(9)2)13-8-14(16)18-15(17-13)11-6-7-11/h3-5,8,11H,6-7H2,1-2H3.